The highest BCUT2D eigenvalue weighted by Gasteiger charge is 2.30. The molecule has 0 radical (unpaired) electrons. The molecule has 2 aliphatic rings. The van der Waals surface area contributed by atoms with E-state index in [1.54, 1.807) is 12.3 Å². The van der Waals surface area contributed by atoms with Gasteiger partial charge in [-0.2, -0.15) is 0 Å². The number of piperazine rings is 1. The van der Waals surface area contributed by atoms with Gasteiger partial charge >= 0.3 is 0 Å². The lowest BCUT2D eigenvalue weighted by Crippen LogP contribution is -2.51. The molecule has 2 aromatic rings. The van der Waals surface area contributed by atoms with Gasteiger partial charge in [0, 0.05) is 56.4 Å². The Balaban J connectivity index is 1.23. The molecule has 1 aromatic carbocycles. The van der Waals surface area contributed by atoms with Crippen LogP contribution in [0.1, 0.15) is 24.0 Å². The zero-order valence-corrected chi connectivity index (χ0v) is 19.0. The van der Waals surface area contributed by atoms with Crippen LogP contribution in [0.3, 0.4) is 0 Å². The molecule has 32 heavy (non-hydrogen) atoms. The smallest absolute Gasteiger partial charge is 0.225 e. The Labute approximate surface area is 193 Å². The number of nitrogens with one attached hydrogen (secondary N) is 1. The number of nitrogens with zero attached hydrogens (tertiary/aromatic N) is 4. The van der Waals surface area contributed by atoms with Crippen molar-refractivity contribution in [2.24, 2.45) is 5.92 Å². The van der Waals surface area contributed by atoms with Crippen molar-refractivity contribution in [2.75, 3.05) is 50.5 Å². The largest absolute Gasteiger partial charge is 0.384 e. The van der Waals surface area contributed by atoms with E-state index >= 15 is 0 Å². The summed E-state index contributed by atoms with van der Waals surface area (Å²) in [6.07, 6.45) is 3.54. The van der Waals surface area contributed by atoms with Gasteiger partial charge in [0.25, 0.3) is 0 Å². The maximum Gasteiger partial charge on any atom is 0.225 e. The number of likely N-dealkylation sites (tertiary alicyclic amines) is 1. The van der Waals surface area contributed by atoms with Crippen LogP contribution in [-0.2, 0) is 17.9 Å². The van der Waals surface area contributed by atoms with Gasteiger partial charge < -0.3 is 10.6 Å². The lowest BCUT2D eigenvalue weighted by Gasteiger charge is -2.38. The SMILES string of the molecule is Nc1cc(CN2CCC(C(=O)N3CCN(Cc4ccc(Cl)cc4NO)CC3)CC2)ccn1. The standard InChI is InChI=1S/C23H31ClN6O2/c24-20-2-1-19(21(14-20)27-32)16-29-9-11-30(12-10-29)23(31)18-4-7-28(8-5-18)15-17-3-6-26-22(25)13-17/h1-3,6,13-14,18,27,32H,4-5,7-12,15-16H2,(H2,25,26). The average molecular weight is 459 g/mol. The molecule has 4 rings (SSSR count). The Kier molecular flexibility index (Phi) is 7.47. The summed E-state index contributed by atoms with van der Waals surface area (Å²) in [5, 5.41) is 9.93. The van der Waals surface area contributed by atoms with Crippen molar-refractivity contribution < 1.29 is 10.0 Å². The molecule has 0 spiro atoms. The molecule has 2 aliphatic heterocycles. The van der Waals surface area contributed by atoms with E-state index in [9.17, 15) is 10.0 Å². The summed E-state index contributed by atoms with van der Waals surface area (Å²) >= 11 is 6.00. The molecule has 0 saturated carbocycles. The highest BCUT2D eigenvalue weighted by atomic mass is 35.5. The highest BCUT2D eigenvalue weighted by molar-refractivity contribution is 6.30. The average Bonchev–Trinajstić information content (AvgIpc) is 2.81. The first-order valence-corrected chi connectivity index (χ1v) is 11.5. The van der Waals surface area contributed by atoms with Crippen LogP contribution < -0.4 is 11.2 Å². The molecular weight excluding hydrogens is 428 g/mol. The first-order valence-electron chi connectivity index (χ1n) is 11.1. The van der Waals surface area contributed by atoms with Crippen LogP contribution >= 0.6 is 11.6 Å². The van der Waals surface area contributed by atoms with Crippen molar-refractivity contribution in [1.29, 1.82) is 0 Å². The number of halogens is 1. The second-order valence-corrected chi connectivity index (χ2v) is 9.09. The minimum atomic E-state index is 0.113. The predicted molar refractivity (Wildman–Crippen MR) is 125 cm³/mol. The van der Waals surface area contributed by atoms with E-state index < -0.39 is 0 Å². The number of aromatic nitrogens is 1. The first kappa shape index (κ1) is 22.8. The molecule has 172 valence electrons. The number of pyridine rings is 1. The Morgan fingerprint density at radius 1 is 1.06 bits per heavy atom. The van der Waals surface area contributed by atoms with Crippen molar-refractivity contribution in [3.8, 4) is 0 Å². The second kappa shape index (κ2) is 10.5. The van der Waals surface area contributed by atoms with Crippen LogP contribution in [0.2, 0.25) is 5.02 Å². The molecule has 0 atom stereocenters. The van der Waals surface area contributed by atoms with Crippen molar-refractivity contribution in [3.05, 3.63) is 52.7 Å². The van der Waals surface area contributed by atoms with Gasteiger partial charge in [-0.15, -0.1) is 0 Å². The summed E-state index contributed by atoms with van der Waals surface area (Å²) in [6.45, 7) is 6.53. The lowest BCUT2D eigenvalue weighted by molar-refractivity contribution is -0.139. The normalized spacial score (nSPS) is 18.6. The van der Waals surface area contributed by atoms with Gasteiger partial charge in [0.1, 0.15) is 5.82 Å². The van der Waals surface area contributed by atoms with Crippen molar-refractivity contribution in [2.45, 2.75) is 25.9 Å². The molecule has 2 saturated heterocycles. The fourth-order valence-corrected chi connectivity index (χ4v) is 4.78. The quantitative estimate of drug-likeness (QED) is 0.572. The summed E-state index contributed by atoms with van der Waals surface area (Å²) in [4.78, 5) is 23.8. The summed E-state index contributed by atoms with van der Waals surface area (Å²) in [7, 11) is 0. The number of carbonyl (C=O) groups excluding carboxylic acids is 1. The van der Waals surface area contributed by atoms with E-state index in [1.165, 1.54) is 5.56 Å². The van der Waals surface area contributed by atoms with E-state index in [1.807, 2.05) is 29.2 Å². The van der Waals surface area contributed by atoms with Crippen molar-refractivity contribution >= 4 is 29.0 Å². The van der Waals surface area contributed by atoms with Gasteiger partial charge in [0.2, 0.25) is 5.91 Å². The van der Waals surface area contributed by atoms with Gasteiger partial charge in [-0.05, 0) is 61.3 Å². The molecule has 1 amide bonds. The molecule has 2 fully saturated rings. The molecule has 9 heteroatoms. The molecule has 3 heterocycles. The van der Waals surface area contributed by atoms with E-state index in [0.717, 1.165) is 64.2 Å². The number of hydrogen-bond donors (Lipinski definition) is 3. The zero-order valence-electron chi connectivity index (χ0n) is 18.2. The molecule has 8 nitrogen and oxygen atoms in total. The predicted octanol–water partition coefficient (Wildman–Crippen LogP) is 2.67. The minimum Gasteiger partial charge on any atom is -0.384 e. The molecular formula is C23H31ClN6O2. The maximum atomic E-state index is 13.1. The highest BCUT2D eigenvalue weighted by Crippen LogP contribution is 2.24. The van der Waals surface area contributed by atoms with Crippen molar-refractivity contribution in [3.63, 3.8) is 0 Å². The number of carbonyl (C=O) groups is 1. The Morgan fingerprint density at radius 2 is 1.78 bits per heavy atom. The summed E-state index contributed by atoms with van der Waals surface area (Å²) in [5.74, 6) is 0.954. The number of hydrogen-bond acceptors (Lipinski definition) is 7. The lowest BCUT2D eigenvalue weighted by atomic mass is 9.94. The van der Waals surface area contributed by atoms with Crippen LogP contribution in [-0.4, -0.2) is 70.1 Å². The van der Waals surface area contributed by atoms with Gasteiger partial charge in [0.05, 0.1) is 5.69 Å². The number of amides is 1. The molecule has 4 N–H and O–H groups in total. The number of piperidine rings is 1. The second-order valence-electron chi connectivity index (χ2n) is 8.65. The van der Waals surface area contributed by atoms with Crippen LogP contribution in [0, 0.1) is 5.92 Å². The monoisotopic (exact) mass is 458 g/mol. The number of benzene rings is 1. The third-order valence-corrected chi connectivity index (χ3v) is 6.69. The molecule has 0 aliphatic carbocycles. The molecule has 0 unspecified atom stereocenters. The fourth-order valence-electron chi connectivity index (χ4n) is 4.61. The Bertz CT molecular complexity index is 926. The summed E-state index contributed by atoms with van der Waals surface area (Å²) in [6, 6.07) is 9.38. The molecule has 1 aromatic heterocycles. The molecule has 0 bridgehead atoms. The Morgan fingerprint density at radius 3 is 2.47 bits per heavy atom. The fraction of sp³-hybridized carbons (Fsp3) is 0.478. The van der Waals surface area contributed by atoms with E-state index in [2.05, 4.69) is 20.3 Å². The van der Waals surface area contributed by atoms with E-state index in [4.69, 9.17) is 17.3 Å². The zero-order chi connectivity index (χ0) is 22.5. The summed E-state index contributed by atoms with van der Waals surface area (Å²) in [5.41, 5.74) is 10.8. The van der Waals surface area contributed by atoms with Gasteiger partial charge in [-0.1, -0.05) is 17.7 Å². The third-order valence-electron chi connectivity index (χ3n) is 6.46. The number of nitrogen functional groups attached to an aromatic ring is 1. The van der Waals surface area contributed by atoms with Gasteiger partial charge in [-0.25, -0.2) is 4.98 Å². The van der Waals surface area contributed by atoms with Crippen molar-refractivity contribution in [1.82, 2.24) is 19.7 Å². The van der Waals surface area contributed by atoms with E-state index in [-0.39, 0.29) is 5.92 Å². The topological polar surface area (TPSA) is 98.0 Å². The number of nitrogens with two attached hydrogens (primary N) is 1. The first-order chi connectivity index (χ1) is 15.5. The maximum absolute atomic E-state index is 13.1. The van der Waals surface area contributed by atoms with Crippen LogP contribution in [0.4, 0.5) is 11.5 Å². The minimum absolute atomic E-state index is 0.113. The van der Waals surface area contributed by atoms with Gasteiger partial charge in [-0.3, -0.25) is 25.3 Å². The van der Waals surface area contributed by atoms with Crippen LogP contribution in [0.15, 0.2) is 36.5 Å². The summed E-state index contributed by atoms with van der Waals surface area (Å²) < 4.78 is 0. The van der Waals surface area contributed by atoms with Gasteiger partial charge in [0.15, 0.2) is 0 Å². The Hall–Kier alpha value is -2.39. The number of anilines is 2. The van der Waals surface area contributed by atoms with E-state index in [0.29, 0.717) is 29.0 Å². The third kappa shape index (κ3) is 5.69. The number of rotatable bonds is 6. The van der Waals surface area contributed by atoms with Crippen LogP contribution in [0.5, 0.6) is 0 Å². The van der Waals surface area contributed by atoms with Crippen LogP contribution in [0.25, 0.3) is 0 Å².